The Bertz CT molecular complexity index is 338. The second-order valence-electron chi connectivity index (χ2n) is 5.20. The molecule has 1 saturated carbocycles. The molecule has 1 saturated heterocycles. The summed E-state index contributed by atoms with van der Waals surface area (Å²) in [4.78, 5) is 5.23. The van der Waals surface area contributed by atoms with Gasteiger partial charge in [0, 0.05) is 19.1 Å². The topological polar surface area (TPSA) is 62.9 Å². The van der Waals surface area contributed by atoms with Crippen molar-refractivity contribution in [2.45, 2.75) is 37.5 Å². The Balaban J connectivity index is 1.90. The lowest BCUT2D eigenvalue weighted by Crippen LogP contribution is -2.52. The zero-order valence-electron chi connectivity index (χ0n) is 11.3. The van der Waals surface area contributed by atoms with E-state index in [1.165, 1.54) is 4.90 Å². The molecule has 0 spiro atoms. The number of morpholine rings is 1. The van der Waals surface area contributed by atoms with Gasteiger partial charge in [0.25, 0.3) is 0 Å². The van der Waals surface area contributed by atoms with Crippen molar-refractivity contribution in [1.82, 2.24) is 10.2 Å². The second kappa shape index (κ2) is 6.62. The smallest absolute Gasteiger partial charge is 0.379 e. The number of aliphatic imine (C=N–C) groups is 1. The molecule has 0 radical (unpaired) electrons. The molecule has 0 aromatic carbocycles. The van der Waals surface area contributed by atoms with Gasteiger partial charge in [0.2, 0.25) is 0 Å². The van der Waals surface area contributed by atoms with E-state index in [1.807, 2.05) is 0 Å². The quantitative estimate of drug-likeness (QED) is 0.592. The fourth-order valence-corrected chi connectivity index (χ4v) is 2.31. The van der Waals surface area contributed by atoms with Crippen LogP contribution < -0.4 is 11.1 Å². The molecule has 1 heterocycles. The maximum atomic E-state index is 13.1. The predicted octanol–water partition coefficient (Wildman–Crippen LogP) is 0.706. The third kappa shape index (κ3) is 4.24. The van der Waals surface area contributed by atoms with Crippen LogP contribution in [0.5, 0.6) is 0 Å². The van der Waals surface area contributed by atoms with Crippen molar-refractivity contribution in [1.29, 1.82) is 0 Å². The fraction of sp³-hybridized carbons (Fsp3) is 0.917. The molecular formula is C12H21F3N4O. The van der Waals surface area contributed by atoms with E-state index in [2.05, 4.69) is 10.3 Å². The van der Waals surface area contributed by atoms with Crippen LogP contribution in [0.1, 0.15) is 19.3 Å². The molecule has 3 N–H and O–H groups in total. The SMILES string of the molecule is NC(=NCC(N1CCOCC1)C(F)(F)F)NC1CCC1. The van der Waals surface area contributed by atoms with Crippen molar-refractivity contribution in [2.24, 2.45) is 10.7 Å². The van der Waals surface area contributed by atoms with Crippen molar-refractivity contribution in [3.8, 4) is 0 Å². The molecule has 1 aliphatic carbocycles. The number of nitrogens with one attached hydrogen (secondary N) is 1. The van der Waals surface area contributed by atoms with Crippen LogP contribution in [-0.2, 0) is 4.74 Å². The van der Waals surface area contributed by atoms with E-state index in [1.54, 1.807) is 0 Å². The van der Waals surface area contributed by atoms with Crippen LogP contribution in [0.3, 0.4) is 0 Å². The zero-order chi connectivity index (χ0) is 14.6. The van der Waals surface area contributed by atoms with E-state index in [0.717, 1.165) is 19.3 Å². The van der Waals surface area contributed by atoms with Crippen LogP contribution in [0.2, 0.25) is 0 Å². The van der Waals surface area contributed by atoms with Crippen LogP contribution in [0, 0.1) is 0 Å². The first-order valence-electron chi connectivity index (χ1n) is 6.92. The largest absolute Gasteiger partial charge is 0.405 e. The third-order valence-electron chi connectivity index (χ3n) is 3.76. The van der Waals surface area contributed by atoms with Gasteiger partial charge in [-0.15, -0.1) is 0 Å². The Labute approximate surface area is 116 Å². The maximum absolute atomic E-state index is 13.1. The highest BCUT2D eigenvalue weighted by molar-refractivity contribution is 5.78. The summed E-state index contributed by atoms with van der Waals surface area (Å²) in [5.74, 6) is 0.109. The molecule has 2 rings (SSSR count). The molecule has 0 aromatic rings. The lowest BCUT2D eigenvalue weighted by Gasteiger charge is -2.34. The number of alkyl halides is 3. The minimum absolute atomic E-state index is 0.109. The fourth-order valence-electron chi connectivity index (χ4n) is 2.31. The Morgan fingerprint density at radius 1 is 1.35 bits per heavy atom. The first kappa shape index (κ1) is 15.4. The number of nitrogens with two attached hydrogens (primary N) is 1. The van der Waals surface area contributed by atoms with Crippen molar-refractivity contribution < 1.29 is 17.9 Å². The van der Waals surface area contributed by atoms with Crippen molar-refractivity contribution >= 4 is 5.96 Å². The lowest BCUT2D eigenvalue weighted by molar-refractivity contribution is -0.188. The molecule has 0 amide bonds. The van der Waals surface area contributed by atoms with E-state index in [-0.39, 0.29) is 31.6 Å². The van der Waals surface area contributed by atoms with Crippen LogP contribution in [0.25, 0.3) is 0 Å². The standard InChI is InChI=1S/C12H21F3N4O/c13-12(14,15)10(19-4-6-20-7-5-19)8-17-11(16)18-9-2-1-3-9/h9-10H,1-8H2,(H3,16,17,18). The molecule has 2 fully saturated rings. The number of rotatable bonds is 4. The van der Waals surface area contributed by atoms with Gasteiger partial charge in [-0.3, -0.25) is 9.89 Å². The molecule has 8 heteroatoms. The summed E-state index contributed by atoms with van der Waals surface area (Å²) in [7, 11) is 0. The molecule has 0 aromatic heterocycles. The minimum atomic E-state index is -4.31. The molecule has 1 aliphatic heterocycles. The van der Waals surface area contributed by atoms with Gasteiger partial charge >= 0.3 is 6.18 Å². The van der Waals surface area contributed by atoms with Gasteiger partial charge in [0.1, 0.15) is 6.04 Å². The van der Waals surface area contributed by atoms with Gasteiger partial charge in [-0.05, 0) is 19.3 Å². The van der Waals surface area contributed by atoms with Crippen LogP contribution in [-0.4, -0.2) is 62.0 Å². The second-order valence-corrected chi connectivity index (χ2v) is 5.20. The molecule has 116 valence electrons. The first-order valence-corrected chi connectivity index (χ1v) is 6.92. The van der Waals surface area contributed by atoms with Crippen LogP contribution in [0.4, 0.5) is 13.2 Å². The summed E-state index contributed by atoms with van der Waals surface area (Å²) >= 11 is 0. The number of ether oxygens (including phenoxy) is 1. The van der Waals surface area contributed by atoms with Gasteiger partial charge in [0.05, 0.1) is 19.8 Å². The number of hydrogen-bond donors (Lipinski definition) is 2. The summed E-state index contributed by atoms with van der Waals surface area (Å²) in [6.45, 7) is 0.832. The normalized spacial score (nSPS) is 24.2. The van der Waals surface area contributed by atoms with Crippen LogP contribution in [0.15, 0.2) is 4.99 Å². The van der Waals surface area contributed by atoms with Gasteiger partial charge in [0.15, 0.2) is 5.96 Å². The van der Waals surface area contributed by atoms with Gasteiger partial charge in [-0.25, -0.2) is 0 Å². The number of halogens is 3. The van der Waals surface area contributed by atoms with Crippen molar-refractivity contribution in [3.63, 3.8) is 0 Å². The monoisotopic (exact) mass is 294 g/mol. The van der Waals surface area contributed by atoms with Crippen molar-refractivity contribution in [3.05, 3.63) is 0 Å². The Hall–Kier alpha value is -1.02. The van der Waals surface area contributed by atoms with E-state index >= 15 is 0 Å². The summed E-state index contributed by atoms with van der Waals surface area (Å²) in [5, 5.41) is 2.94. The summed E-state index contributed by atoms with van der Waals surface area (Å²) < 4.78 is 44.3. The summed E-state index contributed by atoms with van der Waals surface area (Å²) in [6, 6.07) is -1.32. The molecule has 20 heavy (non-hydrogen) atoms. The van der Waals surface area contributed by atoms with Gasteiger partial charge in [-0.1, -0.05) is 0 Å². The Kier molecular flexibility index (Phi) is 5.09. The van der Waals surface area contributed by atoms with E-state index < -0.39 is 12.2 Å². The molecule has 1 atom stereocenters. The number of hydrogen-bond acceptors (Lipinski definition) is 3. The molecule has 1 unspecified atom stereocenters. The Morgan fingerprint density at radius 3 is 2.50 bits per heavy atom. The zero-order valence-corrected chi connectivity index (χ0v) is 11.3. The average Bonchev–Trinajstić information content (AvgIpc) is 2.34. The lowest BCUT2D eigenvalue weighted by atomic mass is 9.93. The number of guanidine groups is 1. The highest BCUT2D eigenvalue weighted by Crippen LogP contribution is 2.26. The predicted molar refractivity (Wildman–Crippen MR) is 69.5 cm³/mol. The van der Waals surface area contributed by atoms with Gasteiger partial charge in [-0.2, -0.15) is 13.2 Å². The molecule has 0 bridgehead atoms. The third-order valence-corrected chi connectivity index (χ3v) is 3.76. The molecule has 2 aliphatic rings. The first-order chi connectivity index (χ1) is 9.47. The van der Waals surface area contributed by atoms with E-state index in [4.69, 9.17) is 10.5 Å². The average molecular weight is 294 g/mol. The summed E-state index contributed by atoms with van der Waals surface area (Å²) in [5.41, 5.74) is 5.63. The highest BCUT2D eigenvalue weighted by atomic mass is 19.4. The number of nitrogens with zero attached hydrogens (tertiary/aromatic N) is 2. The Morgan fingerprint density at radius 2 is 2.00 bits per heavy atom. The van der Waals surface area contributed by atoms with Crippen LogP contribution >= 0.6 is 0 Å². The van der Waals surface area contributed by atoms with E-state index in [0.29, 0.717) is 13.2 Å². The van der Waals surface area contributed by atoms with Crippen molar-refractivity contribution in [2.75, 3.05) is 32.8 Å². The van der Waals surface area contributed by atoms with Gasteiger partial charge < -0.3 is 15.8 Å². The molecule has 5 nitrogen and oxygen atoms in total. The minimum Gasteiger partial charge on any atom is -0.379 e. The highest BCUT2D eigenvalue weighted by Gasteiger charge is 2.43. The van der Waals surface area contributed by atoms with E-state index in [9.17, 15) is 13.2 Å². The molecular weight excluding hydrogens is 273 g/mol. The summed E-state index contributed by atoms with van der Waals surface area (Å²) in [6.07, 6.45) is -1.17. The maximum Gasteiger partial charge on any atom is 0.405 e.